The number of carbonyl (C=O) groups is 1. The quantitative estimate of drug-likeness (QED) is 0.297. The topological polar surface area (TPSA) is 87.5 Å². The largest absolute Gasteiger partial charge is 0.497 e. The van der Waals surface area contributed by atoms with Gasteiger partial charge >= 0.3 is 0 Å². The predicted octanol–water partition coefficient (Wildman–Crippen LogP) is 4.98. The summed E-state index contributed by atoms with van der Waals surface area (Å²) < 4.78 is 18.6. The lowest BCUT2D eigenvalue weighted by Crippen LogP contribution is -2.15. The van der Waals surface area contributed by atoms with Gasteiger partial charge in [-0.2, -0.15) is 0 Å². The summed E-state index contributed by atoms with van der Waals surface area (Å²) >= 11 is 1.30. The zero-order valence-corrected chi connectivity index (χ0v) is 20.3. The highest BCUT2D eigenvalue weighted by molar-refractivity contribution is 7.99. The van der Waals surface area contributed by atoms with Crippen LogP contribution in [0.2, 0.25) is 0 Å². The van der Waals surface area contributed by atoms with Crippen LogP contribution in [0.1, 0.15) is 12.7 Å². The second kappa shape index (κ2) is 11.9. The van der Waals surface area contributed by atoms with Gasteiger partial charge in [0.1, 0.15) is 23.9 Å². The summed E-state index contributed by atoms with van der Waals surface area (Å²) in [6.07, 6.45) is 0. The highest BCUT2D eigenvalue weighted by Crippen LogP contribution is 2.25. The molecular weight excluding hydrogens is 464 g/mol. The van der Waals surface area contributed by atoms with Crippen LogP contribution in [0.3, 0.4) is 0 Å². The fourth-order valence-electron chi connectivity index (χ4n) is 3.30. The number of nitrogens with one attached hydrogen (secondary N) is 1. The van der Waals surface area contributed by atoms with Crippen molar-refractivity contribution in [3.8, 4) is 22.9 Å². The molecule has 3 aromatic carbocycles. The number of ether oxygens (including phenoxy) is 3. The fourth-order valence-corrected chi connectivity index (χ4v) is 4.07. The molecule has 0 spiro atoms. The van der Waals surface area contributed by atoms with Gasteiger partial charge in [0.15, 0.2) is 11.0 Å². The van der Waals surface area contributed by atoms with Crippen LogP contribution in [-0.4, -0.2) is 40.1 Å². The minimum Gasteiger partial charge on any atom is -0.497 e. The third kappa shape index (κ3) is 6.54. The number of hydrogen-bond donors (Lipinski definition) is 1. The average molecular weight is 491 g/mol. The van der Waals surface area contributed by atoms with Crippen LogP contribution in [0.25, 0.3) is 5.69 Å². The van der Waals surface area contributed by atoms with Crippen molar-refractivity contribution >= 4 is 23.4 Å². The number of carbonyl (C=O) groups excluding carboxylic acids is 1. The normalized spacial score (nSPS) is 10.6. The summed E-state index contributed by atoms with van der Waals surface area (Å²) in [4.78, 5) is 12.6. The standard InChI is InChI=1S/C26H26N4O4S/c1-3-33-22-14-12-20(13-15-22)30-24(17-34-21-9-5-4-6-10-21)28-29-26(30)35-18-25(31)27-19-8-7-11-23(16-19)32-2/h4-16H,3,17-18H2,1-2H3,(H,27,31). The van der Waals surface area contributed by atoms with Crippen LogP contribution in [0.4, 0.5) is 5.69 Å². The summed E-state index contributed by atoms with van der Waals surface area (Å²) in [5.74, 6) is 2.80. The molecule has 1 amide bonds. The summed E-state index contributed by atoms with van der Waals surface area (Å²) in [6.45, 7) is 2.75. The molecular formula is C26H26N4O4S. The number of methoxy groups -OCH3 is 1. The van der Waals surface area contributed by atoms with Crippen LogP contribution >= 0.6 is 11.8 Å². The van der Waals surface area contributed by atoms with Crippen molar-refractivity contribution in [2.75, 3.05) is 24.8 Å². The number of aromatic nitrogens is 3. The van der Waals surface area contributed by atoms with Gasteiger partial charge < -0.3 is 19.5 Å². The van der Waals surface area contributed by atoms with E-state index in [4.69, 9.17) is 14.2 Å². The van der Waals surface area contributed by atoms with Crippen LogP contribution in [0.5, 0.6) is 17.2 Å². The molecule has 1 heterocycles. The Hall–Kier alpha value is -3.98. The molecule has 9 heteroatoms. The molecule has 180 valence electrons. The van der Waals surface area contributed by atoms with Gasteiger partial charge in [0.2, 0.25) is 5.91 Å². The number of thioether (sulfide) groups is 1. The second-order valence-electron chi connectivity index (χ2n) is 7.33. The van der Waals surface area contributed by atoms with Crippen LogP contribution in [0.15, 0.2) is 84.0 Å². The molecule has 8 nitrogen and oxygen atoms in total. The summed E-state index contributed by atoms with van der Waals surface area (Å²) in [5.41, 5.74) is 1.51. The predicted molar refractivity (Wildman–Crippen MR) is 136 cm³/mol. The number of anilines is 1. The molecule has 1 N–H and O–H groups in total. The Morgan fingerprint density at radius 3 is 2.40 bits per heavy atom. The Morgan fingerprint density at radius 2 is 1.66 bits per heavy atom. The lowest BCUT2D eigenvalue weighted by atomic mass is 10.3. The lowest BCUT2D eigenvalue weighted by molar-refractivity contribution is -0.113. The number of hydrogen-bond acceptors (Lipinski definition) is 7. The van der Waals surface area contributed by atoms with Gasteiger partial charge in [-0.25, -0.2) is 0 Å². The first-order valence-electron chi connectivity index (χ1n) is 11.1. The Morgan fingerprint density at radius 1 is 0.914 bits per heavy atom. The lowest BCUT2D eigenvalue weighted by Gasteiger charge is -2.12. The smallest absolute Gasteiger partial charge is 0.234 e. The van der Waals surface area contributed by atoms with E-state index in [1.54, 1.807) is 13.2 Å². The van der Waals surface area contributed by atoms with Gasteiger partial charge in [-0.15, -0.1) is 10.2 Å². The van der Waals surface area contributed by atoms with Crippen LogP contribution in [-0.2, 0) is 11.4 Å². The van der Waals surface area contributed by atoms with Crippen molar-refractivity contribution < 1.29 is 19.0 Å². The SMILES string of the molecule is CCOc1ccc(-n2c(COc3ccccc3)nnc2SCC(=O)Nc2cccc(OC)c2)cc1. The van der Waals surface area contributed by atoms with Gasteiger partial charge in [0.25, 0.3) is 0 Å². The van der Waals surface area contributed by atoms with E-state index in [2.05, 4.69) is 15.5 Å². The number of nitrogens with zero attached hydrogens (tertiary/aromatic N) is 3. The summed E-state index contributed by atoms with van der Waals surface area (Å²) in [5, 5.41) is 12.1. The van der Waals surface area contributed by atoms with Crippen molar-refractivity contribution in [3.63, 3.8) is 0 Å². The molecule has 1 aromatic heterocycles. The number of benzene rings is 3. The first-order valence-corrected chi connectivity index (χ1v) is 12.1. The third-order valence-corrected chi connectivity index (χ3v) is 5.83. The zero-order valence-electron chi connectivity index (χ0n) is 19.5. The highest BCUT2D eigenvalue weighted by Gasteiger charge is 2.17. The molecule has 35 heavy (non-hydrogen) atoms. The van der Waals surface area contributed by atoms with Crippen molar-refractivity contribution in [2.24, 2.45) is 0 Å². The van der Waals surface area contributed by atoms with Crippen molar-refractivity contribution in [1.29, 1.82) is 0 Å². The molecule has 0 aliphatic rings. The van der Waals surface area contributed by atoms with E-state index in [0.29, 0.717) is 29.0 Å². The Bertz CT molecular complexity index is 1250. The minimum atomic E-state index is -0.161. The monoisotopic (exact) mass is 490 g/mol. The summed E-state index contributed by atoms with van der Waals surface area (Å²) in [6, 6.07) is 24.4. The number of amides is 1. The Balaban J connectivity index is 1.51. The minimum absolute atomic E-state index is 0.159. The molecule has 0 fully saturated rings. The van der Waals surface area contributed by atoms with Gasteiger partial charge in [0.05, 0.1) is 19.5 Å². The van der Waals surface area contributed by atoms with Crippen molar-refractivity contribution in [3.05, 3.63) is 84.7 Å². The molecule has 4 aromatic rings. The number of rotatable bonds is 11. The second-order valence-corrected chi connectivity index (χ2v) is 8.27. The Kier molecular flexibility index (Phi) is 8.24. The molecule has 0 saturated carbocycles. The van der Waals surface area contributed by atoms with E-state index in [1.807, 2.05) is 84.3 Å². The Labute approximate surface area is 208 Å². The molecule has 0 unspecified atom stereocenters. The molecule has 0 atom stereocenters. The van der Waals surface area contributed by atoms with Crippen LogP contribution < -0.4 is 19.5 Å². The molecule has 4 rings (SSSR count). The van der Waals surface area contributed by atoms with E-state index < -0.39 is 0 Å². The fraction of sp³-hybridized carbons (Fsp3) is 0.192. The number of para-hydroxylation sites is 1. The first kappa shape index (κ1) is 24.2. The maximum absolute atomic E-state index is 12.6. The van der Waals surface area contributed by atoms with Crippen LogP contribution in [0, 0.1) is 0 Å². The molecule has 0 bridgehead atoms. The van der Waals surface area contributed by atoms with E-state index in [9.17, 15) is 4.79 Å². The van der Waals surface area contributed by atoms with Gasteiger partial charge in [-0.1, -0.05) is 36.0 Å². The third-order valence-electron chi connectivity index (χ3n) is 4.90. The maximum Gasteiger partial charge on any atom is 0.234 e. The average Bonchev–Trinajstić information content (AvgIpc) is 3.30. The van der Waals surface area contributed by atoms with E-state index in [-0.39, 0.29) is 18.3 Å². The van der Waals surface area contributed by atoms with E-state index in [0.717, 1.165) is 17.2 Å². The van der Waals surface area contributed by atoms with E-state index in [1.165, 1.54) is 11.8 Å². The first-order chi connectivity index (χ1) is 17.2. The zero-order chi connectivity index (χ0) is 24.5. The molecule has 0 aliphatic carbocycles. The molecule has 0 saturated heterocycles. The van der Waals surface area contributed by atoms with E-state index >= 15 is 0 Å². The van der Waals surface area contributed by atoms with Gasteiger partial charge in [0, 0.05) is 17.4 Å². The van der Waals surface area contributed by atoms with Gasteiger partial charge in [-0.3, -0.25) is 9.36 Å². The van der Waals surface area contributed by atoms with Crippen molar-refractivity contribution in [1.82, 2.24) is 14.8 Å². The summed E-state index contributed by atoms with van der Waals surface area (Å²) in [7, 11) is 1.59. The van der Waals surface area contributed by atoms with Gasteiger partial charge in [-0.05, 0) is 55.5 Å². The maximum atomic E-state index is 12.6. The van der Waals surface area contributed by atoms with Crippen molar-refractivity contribution in [2.45, 2.75) is 18.7 Å². The molecule has 0 radical (unpaired) electrons. The molecule has 0 aliphatic heterocycles. The highest BCUT2D eigenvalue weighted by atomic mass is 32.2.